The van der Waals surface area contributed by atoms with Crippen LogP contribution in [0.25, 0.3) is 22.0 Å². The summed E-state index contributed by atoms with van der Waals surface area (Å²) in [6.45, 7) is 4.18. The molecule has 2 heterocycles. The van der Waals surface area contributed by atoms with E-state index in [-0.39, 0.29) is 5.56 Å². The van der Waals surface area contributed by atoms with E-state index in [1.807, 2.05) is 18.2 Å². The molecule has 4 aromatic rings. The molecule has 1 aliphatic rings. The van der Waals surface area contributed by atoms with Gasteiger partial charge in [-0.15, -0.1) is 0 Å². The van der Waals surface area contributed by atoms with Gasteiger partial charge in [-0.1, -0.05) is 6.07 Å². The molecule has 0 aliphatic carbocycles. The van der Waals surface area contributed by atoms with Crippen LogP contribution in [0.3, 0.4) is 0 Å². The van der Waals surface area contributed by atoms with Gasteiger partial charge >= 0.3 is 0 Å². The van der Waals surface area contributed by atoms with Gasteiger partial charge in [0.25, 0.3) is 0 Å². The lowest BCUT2D eigenvalue weighted by Crippen LogP contribution is -2.44. The number of piperazine rings is 1. The highest BCUT2D eigenvalue weighted by Crippen LogP contribution is 2.32. The van der Waals surface area contributed by atoms with Crippen LogP contribution >= 0.6 is 0 Å². The molecule has 0 atom stereocenters. The van der Waals surface area contributed by atoms with Crippen LogP contribution in [-0.4, -0.2) is 43.1 Å². The largest absolute Gasteiger partial charge is 0.369 e. The Balaban J connectivity index is 1.43. The molecular formula is C26H24F2N4. The minimum absolute atomic E-state index is 0.234. The van der Waals surface area contributed by atoms with Crippen LogP contribution in [0.15, 0.2) is 72.9 Å². The summed E-state index contributed by atoms with van der Waals surface area (Å²) < 4.78 is 28.0. The fraction of sp³-hybridized carbons (Fsp3) is 0.192. The van der Waals surface area contributed by atoms with Gasteiger partial charge in [-0.25, -0.2) is 8.78 Å². The van der Waals surface area contributed by atoms with Gasteiger partial charge in [0.05, 0.1) is 5.52 Å². The predicted octanol–water partition coefficient (Wildman–Crippen LogP) is 5.68. The first kappa shape index (κ1) is 20.4. The predicted molar refractivity (Wildman–Crippen MR) is 127 cm³/mol. The van der Waals surface area contributed by atoms with Crippen LogP contribution < -0.4 is 10.2 Å². The van der Waals surface area contributed by atoms with Crippen molar-refractivity contribution in [2.75, 3.05) is 43.4 Å². The third kappa shape index (κ3) is 4.14. The van der Waals surface area contributed by atoms with Crippen LogP contribution in [0.2, 0.25) is 0 Å². The Labute approximate surface area is 186 Å². The molecule has 6 heteroatoms. The molecule has 1 saturated heterocycles. The second kappa shape index (κ2) is 8.55. The molecular weight excluding hydrogens is 406 g/mol. The van der Waals surface area contributed by atoms with Gasteiger partial charge in [-0.2, -0.15) is 0 Å². The zero-order valence-corrected chi connectivity index (χ0v) is 17.9. The van der Waals surface area contributed by atoms with Crippen molar-refractivity contribution in [1.29, 1.82) is 0 Å². The average molecular weight is 431 g/mol. The minimum atomic E-state index is -0.466. The molecule has 4 nitrogen and oxygen atoms in total. The van der Waals surface area contributed by atoms with E-state index in [2.05, 4.69) is 51.4 Å². The zero-order chi connectivity index (χ0) is 22.1. The number of hydrogen-bond donors (Lipinski definition) is 1. The molecule has 0 unspecified atom stereocenters. The number of pyridine rings is 1. The standard InChI is InChI=1S/C26H24F2N4/c1-31-12-14-32(15-13-31)21-6-4-20(5-7-21)30-26-10-11-29-25-9-2-18(16-23(25)26)22-17-19(27)3-8-24(22)28/h2-11,16-17H,12-15H2,1H3,(H,29,30). The summed E-state index contributed by atoms with van der Waals surface area (Å²) in [5, 5.41) is 4.30. The van der Waals surface area contributed by atoms with E-state index in [4.69, 9.17) is 0 Å². The Morgan fingerprint density at radius 2 is 1.62 bits per heavy atom. The Hall–Kier alpha value is -3.51. The van der Waals surface area contributed by atoms with Crippen molar-refractivity contribution in [2.45, 2.75) is 0 Å². The van der Waals surface area contributed by atoms with Gasteiger partial charge in [-0.3, -0.25) is 4.98 Å². The summed E-state index contributed by atoms with van der Waals surface area (Å²) in [5.41, 5.74) is 4.66. The number of rotatable bonds is 4. The first-order chi connectivity index (χ1) is 15.6. The number of aromatic nitrogens is 1. The summed E-state index contributed by atoms with van der Waals surface area (Å²) in [6, 6.07) is 19.2. The highest BCUT2D eigenvalue weighted by molar-refractivity contribution is 5.95. The van der Waals surface area contributed by atoms with Crippen LogP contribution in [0.4, 0.5) is 25.8 Å². The molecule has 0 saturated carbocycles. The molecule has 1 fully saturated rings. The fourth-order valence-electron chi connectivity index (χ4n) is 4.12. The fourth-order valence-corrected chi connectivity index (χ4v) is 4.12. The summed E-state index contributed by atoms with van der Waals surface area (Å²) in [5.74, 6) is -0.921. The van der Waals surface area contributed by atoms with E-state index in [0.29, 0.717) is 5.56 Å². The number of benzene rings is 3. The monoisotopic (exact) mass is 430 g/mol. The van der Waals surface area contributed by atoms with Crippen molar-refractivity contribution < 1.29 is 8.78 Å². The molecule has 32 heavy (non-hydrogen) atoms. The molecule has 0 amide bonds. The zero-order valence-electron chi connectivity index (χ0n) is 17.9. The second-order valence-corrected chi connectivity index (χ2v) is 8.18. The van der Waals surface area contributed by atoms with E-state index in [9.17, 15) is 8.78 Å². The smallest absolute Gasteiger partial charge is 0.131 e. The molecule has 162 valence electrons. The van der Waals surface area contributed by atoms with Crippen molar-refractivity contribution in [3.05, 3.63) is 84.6 Å². The number of anilines is 3. The van der Waals surface area contributed by atoms with E-state index in [1.54, 1.807) is 12.3 Å². The van der Waals surface area contributed by atoms with Gasteiger partial charge < -0.3 is 15.1 Å². The van der Waals surface area contributed by atoms with E-state index < -0.39 is 11.6 Å². The van der Waals surface area contributed by atoms with Crippen molar-refractivity contribution >= 4 is 28.0 Å². The van der Waals surface area contributed by atoms with Gasteiger partial charge in [0.2, 0.25) is 0 Å². The van der Waals surface area contributed by atoms with Crippen LogP contribution in [0.5, 0.6) is 0 Å². The molecule has 3 aromatic carbocycles. The van der Waals surface area contributed by atoms with Gasteiger partial charge in [0.1, 0.15) is 11.6 Å². The maximum absolute atomic E-state index is 14.3. The van der Waals surface area contributed by atoms with Crippen molar-refractivity contribution in [2.24, 2.45) is 0 Å². The second-order valence-electron chi connectivity index (χ2n) is 8.18. The third-order valence-electron chi connectivity index (χ3n) is 6.00. The summed E-state index contributed by atoms with van der Waals surface area (Å²) in [4.78, 5) is 9.15. The molecule has 1 N–H and O–H groups in total. The Bertz CT molecular complexity index is 1250. The van der Waals surface area contributed by atoms with Gasteiger partial charge in [0.15, 0.2) is 0 Å². The van der Waals surface area contributed by atoms with E-state index in [0.717, 1.165) is 60.6 Å². The maximum atomic E-state index is 14.3. The number of halogens is 2. The van der Waals surface area contributed by atoms with Crippen LogP contribution in [-0.2, 0) is 0 Å². The third-order valence-corrected chi connectivity index (χ3v) is 6.00. The summed E-state index contributed by atoms with van der Waals surface area (Å²) >= 11 is 0. The first-order valence-corrected chi connectivity index (χ1v) is 10.7. The normalized spacial score (nSPS) is 14.7. The lowest BCUT2D eigenvalue weighted by molar-refractivity contribution is 0.313. The molecule has 0 radical (unpaired) electrons. The molecule has 5 rings (SSSR count). The number of likely N-dealkylation sites (N-methyl/N-ethyl adjacent to an activating group) is 1. The van der Waals surface area contributed by atoms with Crippen molar-refractivity contribution in [1.82, 2.24) is 9.88 Å². The quantitative estimate of drug-likeness (QED) is 0.452. The molecule has 0 spiro atoms. The molecule has 1 aromatic heterocycles. The first-order valence-electron chi connectivity index (χ1n) is 10.7. The number of fused-ring (bicyclic) bond motifs is 1. The maximum Gasteiger partial charge on any atom is 0.131 e. The Morgan fingerprint density at radius 3 is 2.41 bits per heavy atom. The lowest BCUT2D eigenvalue weighted by Gasteiger charge is -2.34. The van der Waals surface area contributed by atoms with E-state index >= 15 is 0 Å². The van der Waals surface area contributed by atoms with Gasteiger partial charge in [-0.05, 0) is 73.3 Å². The Morgan fingerprint density at radius 1 is 0.844 bits per heavy atom. The highest BCUT2D eigenvalue weighted by Gasteiger charge is 2.14. The summed E-state index contributed by atoms with van der Waals surface area (Å²) in [6.07, 6.45) is 1.74. The van der Waals surface area contributed by atoms with Gasteiger partial charge in [0, 0.05) is 60.4 Å². The molecule has 1 aliphatic heterocycles. The lowest BCUT2D eigenvalue weighted by atomic mass is 10.0. The van der Waals surface area contributed by atoms with Crippen molar-refractivity contribution in [3.63, 3.8) is 0 Å². The number of hydrogen-bond acceptors (Lipinski definition) is 4. The SMILES string of the molecule is CN1CCN(c2ccc(Nc3ccnc4ccc(-c5cc(F)ccc5F)cc34)cc2)CC1. The highest BCUT2D eigenvalue weighted by atomic mass is 19.1. The average Bonchev–Trinajstić information content (AvgIpc) is 2.82. The number of nitrogens with zero attached hydrogens (tertiary/aromatic N) is 3. The van der Waals surface area contributed by atoms with E-state index in [1.165, 1.54) is 11.8 Å². The topological polar surface area (TPSA) is 31.4 Å². The van der Waals surface area contributed by atoms with Crippen LogP contribution in [0.1, 0.15) is 0 Å². The summed E-state index contributed by atoms with van der Waals surface area (Å²) in [7, 11) is 2.15. The Kier molecular flexibility index (Phi) is 5.45. The number of nitrogens with one attached hydrogen (secondary N) is 1. The van der Waals surface area contributed by atoms with Crippen molar-refractivity contribution in [3.8, 4) is 11.1 Å². The molecule has 0 bridgehead atoms. The van der Waals surface area contributed by atoms with Crippen LogP contribution in [0, 0.1) is 11.6 Å². The minimum Gasteiger partial charge on any atom is -0.369 e.